The Morgan fingerprint density at radius 3 is 2.48 bits per heavy atom. The molecule has 21 heavy (non-hydrogen) atoms. The van der Waals surface area contributed by atoms with Crippen LogP contribution in [-0.4, -0.2) is 22.2 Å². The lowest BCUT2D eigenvalue weighted by Gasteiger charge is -2.40. The van der Waals surface area contributed by atoms with Crippen LogP contribution in [0.15, 0.2) is 18.2 Å². The minimum atomic E-state index is -0.770. The van der Waals surface area contributed by atoms with Crippen molar-refractivity contribution in [3.63, 3.8) is 0 Å². The number of hydrogen-bond donors (Lipinski definition) is 2. The first-order valence-corrected chi connectivity index (χ1v) is 7.42. The average Bonchev–Trinajstić information content (AvgIpc) is 2.41. The van der Waals surface area contributed by atoms with Crippen molar-refractivity contribution in [1.29, 1.82) is 0 Å². The molecule has 0 atom stereocenters. The summed E-state index contributed by atoms with van der Waals surface area (Å²) in [4.78, 5) is 10.7. The van der Waals surface area contributed by atoms with Crippen LogP contribution in [0, 0.1) is 22.5 Å². The number of anilines is 1. The molecule has 2 rings (SSSR count). The first kappa shape index (κ1) is 15.8. The highest BCUT2D eigenvalue weighted by atomic mass is 16.6. The predicted molar refractivity (Wildman–Crippen MR) is 83.5 cm³/mol. The minimum Gasteiger partial charge on any atom is -0.388 e. The summed E-state index contributed by atoms with van der Waals surface area (Å²) < 4.78 is 0. The Kier molecular flexibility index (Phi) is 4.23. The van der Waals surface area contributed by atoms with Gasteiger partial charge in [-0.05, 0) is 49.7 Å². The zero-order valence-corrected chi connectivity index (χ0v) is 13.0. The van der Waals surface area contributed by atoms with Gasteiger partial charge in [-0.1, -0.05) is 19.9 Å². The Morgan fingerprint density at radius 1 is 1.29 bits per heavy atom. The zero-order chi connectivity index (χ0) is 15.7. The monoisotopic (exact) mass is 292 g/mol. The van der Waals surface area contributed by atoms with Gasteiger partial charge in [0.1, 0.15) is 5.69 Å². The van der Waals surface area contributed by atoms with E-state index in [-0.39, 0.29) is 16.0 Å². The van der Waals surface area contributed by atoms with Crippen LogP contribution in [-0.2, 0) is 0 Å². The summed E-state index contributed by atoms with van der Waals surface area (Å²) in [7, 11) is 0. The summed E-state index contributed by atoms with van der Waals surface area (Å²) in [6.45, 7) is 6.61. The molecule has 2 N–H and O–H groups in total. The van der Waals surface area contributed by atoms with E-state index in [1.54, 1.807) is 12.1 Å². The fourth-order valence-electron chi connectivity index (χ4n) is 2.77. The van der Waals surface area contributed by atoms with Crippen molar-refractivity contribution in [3.05, 3.63) is 33.9 Å². The molecule has 0 aliphatic heterocycles. The summed E-state index contributed by atoms with van der Waals surface area (Å²) in [6.07, 6.45) is 3.40. The van der Waals surface area contributed by atoms with Crippen LogP contribution in [0.2, 0.25) is 0 Å². The summed E-state index contributed by atoms with van der Waals surface area (Å²) in [5.74, 6) is 0. The molecule has 0 radical (unpaired) electrons. The van der Waals surface area contributed by atoms with Gasteiger partial charge >= 0.3 is 0 Å². The normalized spacial score (nSPS) is 20.0. The van der Waals surface area contributed by atoms with Gasteiger partial charge in [0.15, 0.2) is 0 Å². The summed E-state index contributed by atoms with van der Waals surface area (Å²) in [6, 6.07) is 5.10. The van der Waals surface area contributed by atoms with Crippen molar-refractivity contribution in [3.8, 4) is 0 Å². The van der Waals surface area contributed by atoms with E-state index in [0.29, 0.717) is 12.2 Å². The quantitative estimate of drug-likeness (QED) is 0.656. The lowest BCUT2D eigenvalue weighted by atomic mass is 9.71. The highest BCUT2D eigenvalue weighted by molar-refractivity contribution is 5.62. The molecule has 1 saturated carbocycles. The molecular weight excluding hydrogens is 268 g/mol. The van der Waals surface area contributed by atoms with E-state index in [1.807, 2.05) is 13.0 Å². The topological polar surface area (TPSA) is 75.4 Å². The molecule has 116 valence electrons. The molecule has 0 aromatic heterocycles. The molecule has 1 fully saturated rings. The Hall–Kier alpha value is -1.62. The fourth-order valence-corrected chi connectivity index (χ4v) is 2.77. The lowest BCUT2D eigenvalue weighted by Crippen LogP contribution is -2.42. The smallest absolute Gasteiger partial charge is 0.292 e. The van der Waals surface area contributed by atoms with Crippen molar-refractivity contribution >= 4 is 11.4 Å². The van der Waals surface area contributed by atoms with E-state index in [4.69, 9.17) is 0 Å². The van der Waals surface area contributed by atoms with E-state index in [2.05, 4.69) is 19.2 Å². The SMILES string of the molecule is Cc1ccc(NCC2(O)CCC(C)(C)CC2)c([N+](=O)[O-])c1. The number of nitro benzene ring substituents is 1. The second-order valence-corrected chi connectivity index (χ2v) is 7.02. The van der Waals surface area contributed by atoms with Gasteiger partial charge in [-0.2, -0.15) is 0 Å². The Balaban J connectivity index is 2.05. The molecule has 5 heteroatoms. The molecule has 0 bridgehead atoms. The van der Waals surface area contributed by atoms with Gasteiger partial charge in [0.2, 0.25) is 0 Å². The second kappa shape index (κ2) is 5.64. The number of hydrogen-bond acceptors (Lipinski definition) is 4. The standard InChI is InChI=1S/C16H24N2O3/c1-12-4-5-13(14(10-12)18(20)21)17-11-16(19)8-6-15(2,3)7-9-16/h4-5,10,17,19H,6-9,11H2,1-3H3. The largest absolute Gasteiger partial charge is 0.388 e. The van der Waals surface area contributed by atoms with Crippen LogP contribution in [0.3, 0.4) is 0 Å². The maximum Gasteiger partial charge on any atom is 0.292 e. The molecule has 0 amide bonds. The second-order valence-electron chi connectivity index (χ2n) is 7.02. The molecule has 1 aromatic carbocycles. The number of aryl methyl sites for hydroxylation is 1. The van der Waals surface area contributed by atoms with Gasteiger partial charge in [-0.25, -0.2) is 0 Å². The third-order valence-electron chi connectivity index (χ3n) is 4.49. The molecule has 1 aliphatic carbocycles. The summed E-state index contributed by atoms with van der Waals surface area (Å²) in [5.41, 5.74) is 0.903. The predicted octanol–water partition coefficient (Wildman–Crippen LogP) is 3.65. The number of aliphatic hydroxyl groups is 1. The fraction of sp³-hybridized carbons (Fsp3) is 0.625. The van der Waals surface area contributed by atoms with Crippen LogP contribution in [0.5, 0.6) is 0 Å². The highest BCUT2D eigenvalue weighted by Crippen LogP contribution is 2.40. The number of nitro groups is 1. The maximum absolute atomic E-state index is 11.1. The van der Waals surface area contributed by atoms with Crippen molar-refractivity contribution in [2.75, 3.05) is 11.9 Å². The van der Waals surface area contributed by atoms with Crippen LogP contribution in [0.25, 0.3) is 0 Å². The third-order valence-corrected chi connectivity index (χ3v) is 4.49. The number of nitrogens with zero attached hydrogens (tertiary/aromatic N) is 1. The number of benzene rings is 1. The van der Waals surface area contributed by atoms with Gasteiger partial charge in [0.05, 0.1) is 10.5 Å². The van der Waals surface area contributed by atoms with Crippen molar-refractivity contribution in [1.82, 2.24) is 0 Å². The van der Waals surface area contributed by atoms with E-state index < -0.39 is 5.60 Å². The van der Waals surface area contributed by atoms with Gasteiger partial charge in [0, 0.05) is 12.6 Å². The Labute approximate surface area is 125 Å². The lowest BCUT2D eigenvalue weighted by molar-refractivity contribution is -0.384. The van der Waals surface area contributed by atoms with Crippen LogP contribution >= 0.6 is 0 Å². The van der Waals surface area contributed by atoms with Crippen LogP contribution in [0.4, 0.5) is 11.4 Å². The molecule has 0 unspecified atom stereocenters. The van der Waals surface area contributed by atoms with E-state index in [9.17, 15) is 15.2 Å². The molecule has 1 aliphatic rings. The number of nitrogens with one attached hydrogen (secondary N) is 1. The van der Waals surface area contributed by atoms with Gasteiger partial charge in [-0.15, -0.1) is 0 Å². The average molecular weight is 292 g/mol. The third kappa shape index (κ3) is 3.94. The molecular formula is C16H24N2O3. The molecule has 0 heterocycles. The van der Waals surface area contributed by atoms with Gasteiger partial charge in [-0.3, -0.25) is 10.1 Å². The summed E-state index contributed by atoms with van der Waals surface area (Å²) in [5, 5.41) is 24.8. The maximum atomic E-state index is 11.1. The van der Waals surface area contributed by atoms with Crippen LogP contribution in [0.1, 0.15) is 45.1 Å². The van der Waals surface area contributed by atoms with Crippen molar-refractivity contribution in [2.24, 2.45) is 5.41 Å². The van der Waals surface area contributed by atoms with Crippen molar-refractivity contribution in [2.45, 2.75) is 52.1 Å². The van der Waals surface area contributed by atoms with Gasteiger partial charge < -0.3 is 10.4 Å². The van der Waals surface area contributed by atoms with E-state index in [0.717, 1.165) is 31.2 Å². The Bertz CT molecular complexity index is 530. The van der Waals surface area contributed by atoms with Gasteiger partial charge in [0.25, 0.3) is 5.69 Å². The van der Waals surface area contributed by atoms with Crippen LogP contribution < -0.4 is 5.32 Å². The Morgan fingerprint density at radius 2 is 1.90 bits per heavy atom. The molecule has 1 aromatic rings. The summed E-state index contributed by atoms with van der Waals surface area (Å²) >= 11 is 0. The first-order chi connectivity index (χ1) is 9.71. The molecule has 0 spiro atoms. The molecule has 5 nitrogen and oxygen atoms in total. The number of rotatable bonds is 4. The molecule has 0 saturated heterocycles. The van der Waals surface area contributed by atoms with E-state index >= 15 is 0 Å². The van der Waals surface area contributed by atoms with E-state index in [1.165, 1.54) is 0 Å². The highest BCUT2D eigenvalue weighted by Gasteiger charge is 2.36. The minimum absolute atomic E-state index is 0.0646. The van der Waals surface area contributed by atoms with Crippen molar-refractivity contribution < 1.29 is 10.0 Å². The first-order valence-electron chi connectivity index (χ1n) is 7.42. The zero-order valence-electron chi connectivity index (χ0n) is 13.0.